The molecule has 0 atom stereocenters. The molecule has 1 aromatic heterocycles. The SMILES string of the molecule is Oc1cccc(-n2[c]ncc2)c1. The van der Waals surface area contributed by atoms with Crippen molar-refractivity contribution in [2.45, 2.75) is 0 Å². The molecule has 0 bridgehead atoms. The van der Waals surface area contributed by atoms with Crippen molar-refractivity contribution in [2.75, 3.05) is 0 Å². The summed E-state index contributed by atoms with van der Waals surface area (Å²) in [5.41, 5.74) is 0.854. The molecule has 3 nitrogen and oxygen atoms in total. The Labute approximate surface area is 69.9 Å². The maximum absolute atomic E-state index is 9.16. The van der Waals surface area contributed by atoms with Crippen LogP contribution in [0.15, 0.2) is 36.7 Å². The average molecular weight is 159 g/mol. The first-order valence-electron chi connectivity index (χ1n) is 3.57. The third-order valence-electron chi connectivity index (χ3n) is 1.56. The van der Waals surface area contributed by atoms with Crippen LogP contribution in [0.1, 0.15) is 0 Å². The third kappa shape index (κ3) is 1.16. The molecule has 0 spiro atoms. The zero-order chi connectivity index (χ0) is 8.39. The molecule has 1 radical (unpaired) electrons. The van der Waals surface area contributed by atoms with E-state index in [-0.39, 0.29) is 5.75 Å². The summed E-state index contributed by atoms with van der Waals surface area (Å²) in [6.45, 7) is 0. The summed E-state index contributed by atoms with van der Waals surface area (Å²) in [6, 6.07) is 6.93. The van der Waals surface area contributed by atoms with Crippen LogP contribution in [-0.2, 0) is 0 Å². The van der Waals surface area contributed by atoms with Gasteiger partial charge >= 0.3 is 0 Å². The van der Waals surface area contributed by atoms with E-state index in [0.29, 0.717) is 0 Å². The monoisotopic (exact) mass is 159 g/mol. The zero-order valence-electron chi connectivity index (χ0n) is 6.31. The molecule has 3 heteroatoms. The van der Waals surface area contributed by atoms with Crippen molar-refractivity contribution in [1.29, 1.82) is 0 Å². The van der Waals surface area contributed by atoms with Gasteiger partial charge in [-0.1, -0.05) is 6.07 Å². The highest BCUT2D eigenvalue weighted by Gasteiger charge is 1.95. The number of hydrogen-bond acceptors (Lipinski definition) is 2. The summed E-state index contributed by atoms with van der Waals surface area (Å²) in [4.78, 5) is 3.78. The molecule has 59 valence electrons. The molecule has 2 aromatic rings. The van der Waals surface area contributed by atoms with Gasteiger partial charge in [0.15, 0.2) is 6.33 Å². The predicted octanol–water partition coefficient (Wildman–Crippen LogP) is 1.38. The lowest BCUT2D eigenvalue weighted by molar-refractivity contribution is 0.475. The molecule has 1 heterocycles. The first-order chi connectivity index (χ1) is 5.86. The van der Waals surface area contributed by atoms with E-state index in [0.717, 1.165) is 5.69 Å². The van der Waals surface area contributed by atoms with Gasteiger partial charge in [-0.2, -0.15) is 0 Å². The number of nitrogens with zero attached hydrogens (tertiary/aromatic N) is 2. The Morgan fingerprint density at radius 3 is 3.00 bits per heavy atom. The highest BCUT2D eigenvalue weighted by Crippen LogP contribution is 2.13. The minimum Gasteiger partial charge on any atom is -0.508 e. The Morgan fingerprint density at radius 1 is 1.42 bits per heavy atom. The minimum absolute atomic E-state index is 0.245. The minimum atomic E-state index is 0.245. The number of imidazole rings is 1. The number of aromatic nitrogens is 2. The molecule has 0 aliphatic heterocycles. The second kappa shape index (κ2) is 2.70. The van der Waals surface area contributed by atoms with E-state index in [1.165, 1.54) is 0 Å². The van der Waals surface area contributed by atoms with Crippen LogP contribution in [-0.4, -0.2) is 14.7 Å². The topological polar surface area (TPSA) is 38.0 Å². The second-order valence-corrected chi connectivity index (χ2v) is 2.42. The number of phenolic OH excluding ortho intramolecular Hbond substituents is 1. The van der Waals surface area contributed by atoms with Gasteiger partial charge < -0.3 is 5.11 Å². The molecule has 0 fully saturated rings. The van der Waals surface area contributed by atoms with Crippen molar-refractivity contribution >= 4 is 0 Å². The highest BCUT2D eigenvalue weighted by molar-refractivity contribution is 5.37. The fourth-order valence-corrected chi connectivity index (χ4v) is 1.02. The number of phenols is 1. The van der Waals surface area contributed by atoms with E-state index >= 15 is 0 Å². The van der Waals surface area contributed by atoms with Crippen molar-refractivity contribution in [3.05, 3.63) is 43.0 Å². The normalized spacial score (nSPS) is 10.0. The first-order valence-corrected chi connectivity index (χ1v) is 3.57. The van der Waals surface area contributed by atoms with Crippen LogP contribution in [0.5, 0.6) is 5.75 Å². The summed E-state index contributed by atoms with van der Waals surface area (Å²) in [5.74, 6) is 0.245. The van der Waals surface area contributed by atoms with Crippen LogP contribution in [0.3, 0.4) is 0 Å². The summed E-state index contributed by atoms with van der Waals surface area (Å²) >= 11 is 0. The summed E-state index contributed by atoms with van der Waals surface area (Å²) < 4.78 is 1.71. The molecule has 1 N–H and O–H groups in total. The van der Waals surface area contributed by atoms with Crippen LogP contribution in [0.25, 0.3) is 5.69 Å². The van der Waals surface area contributed by atoms with E-state index in [2.05, 4.69) is 11.3 Å². The van der Waals surface area contributed by atoms with E-state index < -0.39 is 0 Å². The summed E-state index contributed by atoms with van der Waals surface area (Å²) in [6.07, 6.45) is 6.15. The number of benzene rings is 1. The van der Waals surface area contributed by atoms with Gasteiger partial charge in [0.1, 0.15) is 5.75 Å². The fourth-order valence-electron chi connectivity index (χ4n) is 1.02. The Bertz CT molecular complexity index is 368. The van der Waals surface area contributed by atoms with Gasteiger partial charge in [-0.05, 0) is 12.1 Å². The van der Waals surface area contributed by atoms with Gasteiger partial charge in [0.2, 0.25) is 0 Å². The van der Waals surface area contributed by atoms with E-state index in [4.69, 9.17) is 5.11 Å². The average Bonchev–Trinajstić information content (AvgIpc) is 2.56. The van der Waals surface area contributed by atoms with Gasteiger partial charge in [-0.3, -0.25) is 4.57 Å². The largest absolute Gasteiger partial charge is 0.508 e. The molecule has 0 aliphatic carbocycles. The van der Waals surface area contributed by atoms with Crippen molar-refractivity contribution < 1.29 is 5.11 Å². The predicted molar refractivity (Wildman–Crippen MR) is 44.1 cm³/mol. The van der Waals surface area contributed by atoms with Crippen LogP contribution in [0, 0.1) is 6.33 Å². The van der Waals surface area contributed by atoms with Gasteiger partial charge in [0.05, 0.1) is 5.69 Å². The lowest BCUT2D eigenvalue weighted by Crippen LogP contribution is -1.88. The molecule has 2 rings (SSSR count). The van der Waals surface area contributed by atoms with Gasteiger partial charge in [0, 0.05) is 18.5 Å². The molecule has 0 unspecified atom stereocenters. The Kier molecular flexibility index (Phi) is 1.55. The van der Waals surface area contributed by atoms with Gasteiger partial charge in [0.25, 0.3) is 0 Å². The zero-order valence-corrected chi connectivity index (χ0v) is 6.31. The lowest BCUT2D eigenvalue weighted by atomic mass is 10.3. The van der Waals surface area contributed by atoms with Crippen molar-refractivity contribution in [2.24, 2.45) is 0 Å². The van der Waals surface area contributed by atoms with Crippen LogP contribution >= 0.6 is 0 Å². The Morgan fingerprint density at radius 2 is 2.33 bits per heavy atom. The quantitative estimate of drug-likeness (QED) is 0.682. The second-order valence-electron chi connectivity index (χ2n) is 2.42. The van der Waals surface area contributed by atoms with Crippen molar-refractivity contribution in [3.8, 4) is 11.4 Å². The molecule has 0 saturated carbocycles. The molecule has 0 aliphatic rings. The van der Waals surface area contributed by atoms with E-state index in [1.807, 2.05) is 6.07 Å². The van der Waals surface area contributed by atoms with Crippen molar-refractivity contribution in [1.82, 2.24) is 9.55 Å². The Hall–Kier alpha value is -1.77. The summed E-state index contributed by atoms with van der Waals surface area (Å²) in [5, 5.41) is 9.16. The molecule has 1 aromatic carbocycles. The summed E-state index contributed by atoms with van der Waals surface area (Å²) in [7, 11) is 0. The fraction of sp³-hybridized carbons (Fsp3) is 0. The standard InChI is InChI=1S/C9H7N2O/c12-9-3-1-2-8(6-9)11-5-4-10-7-11/h1-6,12H. The maximum Gasteiger partial charge on any atom is 0.181 e. The van der Waals surface area contributed by atoms with Crippen LogP contribution < -0.4 is 0 Å². The molecular formula is C9H7N2O. The Balaban J connectivity index is 2.48. The molecule has 12 heavy (non-hydrogen) atoms. The number of aromatic hydroxyl groups is 1. The van der Waals surface area contributed by atoms with Gasteiger partial charge in [-0.25, -0.2) is 4.98 Å². The van der Waals surface area contributed by atoms with Crippen LogP contribution in [0.2, 0.25) is 0 Å². The number of hydrogen-bond donors (Lipinski definition) is 1. The molecule has 0 amide bonds. The molecular weight excluding hydrogens is 152 g/mol. The number of rotatable bonds is 1. The van der Waals surface area contributed by atoms with Gasteiger partial charge in [-0.15, -0.1) is 0 Å². The van der Waals surface area contributed by atoms with Crippen molar-refractivity contribution in [3.63, 3.8) is 0 Å². The third-order valence-corrected chi connectivity index (χ3v) is 1.56. The van der Waals surface area contributed by atoms with E-state index in [9.17, 15) is 0 Å². The first kappa shape index (κ1) is 6.91. The lowest BCUT2D eigenvalue weighted by Gasteiger charge is -2.00. The van der Waals surface area contributed by atoms with E-state index in [1.54, 1.807) is 35.2 Å². The molecule has 0 saturated heterocycles. The smallest absolute Gasteiger partial charge is 0.181 e. The highest BCUT2D eigenvalue weighted by atomic mass is 16.3. The maximum atomic E-state index is 9.16. The van der Waals surface area contributed by atoms with Crippen LogP contribution in [0.4, 0.5) is 0 Å².